The lowest BCUT2D eigenvalue weighted by Crippen LogP contribution is -2.05. The molecule has 2 aromatic rings. The third-order valence-electron chi connectivity index (χ3n) is 2.82. The zero-order valence-corrected chi connectivity index (χ0v) is 10.2. The Morgan fingerprint density at radius 1 is 1.29 bits per heavy atom. The van der Waals surface area contributed by atoms with E-state index in [0.29, 0.717) is 5.69 Å². The lowest BCUT2D eigenvalue weighted by molar-refractivity contribution is 0.275. The molecule has 0 unspecified atom stereocenters. The Labute approximate surface area is 101 Å². The van der Waals surface area contributed by atoms with Crippen molar-refractivity contribution < 1.29 is 5.11 Å². The Bertz CT molecular complexity index is 505. The van der Waals surface area contributed by atoms with Crippen LogP contribution in [0.4, 0.5) is 0 Å². The van der Waals surface area contributed by atoms with E-state index in [4.69, 9.17) is 0 Å². The third kappa shape index (κ3) is 2.22. The first kappa shape index (κ1) is 11.8. The fourth-order valence-electron chi connectivity index (χ4n) is 1.94. The molecule has 0 saturated carbocycles. The molecule has 1 aromatic heterocycles. The molecular weight excluding hydrogens is 214 g/mol. The highest BCUT2D eigenvalue weighted by atomic mass is 16.3. The minimum Gasteiger partial charge on any atom is -0.390 e. The minimum absolute atomic E-state index is 0.0544. The molecule has 0 aliphatic carbocycles. The zero-order chi connectivity index (χ0) is 12.3. The molecule has 2 rings (SSSR count). The Hall–Kier alpha value is -1.68. The number of hydrogen-bond acceptors (Lipinski definition) is 3. The fraction of sp³-hybridized carbons (Fsp3) is 0.385. The van der Waals surface area contributed by atoms with Crippen LogP contribution >= 0.6 is 0 Å². The first-order valence-corrected chi connectivity index (χ1v) is 5.88. The normalized spacial score (nSPS) is 10.8. The quantitative estimate of drug-likeness (QED) is 0.875. The summed E-state index contributed by atoms with van der Waals surface area (Å²) >= 11 is 0. The van der Waals surface area contributed by atoms with E-state index in [1.165, 1.54) is 0 Å². The summed E-state index contributed by atoms with van der Waals surface area (Å²) in [6.07, 6.45) is 1.88. The summed E-state index contributed by atoms with van der Waals surface area (Å²) in [5, 5.41) is 17.4. The van der Waals surface area contributed by atoms with Crippen LogP contribution in [0.15, 0.2) is 24.3 Å². The molecule has 0 radical (unpaired) electrons. The van der Waals surface area contributed by atoms with Gasteiger partial charge in [-0.1, -0.05) is 36.8 Å². The van der Waals surface area contributed by atoms with Gasteiger partial charge in [-0.3, -0.25) is 0 Å². The number of aryl methyl sites for hydroxylation is 1. The third-order valence-corrected chi connectivity index (χ3v) is 2.82. The van der Waals surface area contributed by atoms with Gasteiger partial charge in [0, 0.05) is 0 Å². The molecule has 4 heteroatoms. The maximum absolute atomic E-state index is 9.26. The van der Waals surface area contributed by atoms with E-state index in [2.05, 4.69) is 17.2 Å². The summed E-state index contributed by atoms with van der Waals surface area (Å²) in [5.74, 6) is 0. The number of aromatic nitrogens is 3. The molecule has 0 spiro atoms. The van der Waals surface area contributed by atoms with Gasteiger partial charge in [-0.15, -0.1) is 5.10 Å². The van der Waals surface area contributed by atoms with E-state index in [9.17, 15) is 5.11 Å². The SMILES string of the molecule is CCCc1c(CO)nnn1-c1ccccc1C. The van der Waals surface area contributed by atoms with E-state index in [1.807, 2.05) is 35.9 Å². The van der Waals surface area contributed by atoms with Crippen molar-refractivity contribution in [2.24, 2.45) is 0 Å². The number of hydrogen-bond donors (Lipinski definition) is 1. The molecule has 1 heterocycles. The van der Waals surface area contributed by atoms with Gasteiger partial charge in [-0.2, -0.15) is 0 Å². The highest BCUT2D eigenvalue weighted by molar-refractivity contribution is 5.40. The molecule has 0 aliphatic heterocycles. The number of aliphatic hydroxyl groups excluding tert-OH is 1. The van der Waals surface area contributed by atoms with Crippen LogP contribution in [0.5, 0.6) is 0 Å². The lowest BCUT2D eigenvalue weighted by Gasteiger charge is -2.08. The van der Waals surface area contributed by atoms with Crippen LogP contribution in [0.1, 0.15) is 30.3 Å². The van der Waals surface area contributed by atoms with Crippen molar-refractivity contribution in [3.8, 4) is 5.69 Å². The zero-order valence-electron chi connectivity index (χ0n) is 10.2. The highest BCUT2D eigenvalue weighted by Gasteiger charge is 2.13. The van der Waals surface area contributed by atoms with E-state index in [-0.39, 0.29) is 6.61 Å². The second-order valence-corrected chi connectivity index (χ2v) is 4.09. The van der Waals surface area contributed by atoms with E-state index < -0.39 is 0 Å². The van der Waals surface area contributed by atoms with Gasteiger partial charge in [0.25, 0.3) is 0 Å². The fourth-order valence-corrected chi connectivity index (χ4v) is 1.94. The summed E-state index contributed by atoms with van der Waals surface area (Å²) < 4.78 is 1.84. The average Bonchev–Trinajstić information content (AvgIpc) is 2.73. The molecule has 1 N–H and O–H groups in total. The molecule has 0 aliphatic rings. The smallest absolute Gasteiger partial charge is 0.112 e. The molecule has 0 amide bonds. The van der Waals surface area contributed by atoms with E-state index in [0.717, 1.165) is 29.8 Å². The maximum atomic E-state index is 9.26. The van der Waals surface area contributed by atoms with Crippen molar-refractivity contribution in [2.45, 2.75) is 33.3 Å². The molecule has 0 saturated heterocycles. The van der Waals surface area contributed by atoms with Crippen LogP contribution in [0.2, 0.25) is 0 Å². The van der Waals surface area contributed by atoms with Crippen LogP contribution in [-0.2, 0) is 13.0 Å². The number of benzene rings is 1. The first-order valence-electron chi connectivity index (χ1n) is 5.88. The topological polar surface area (TPSA) is 50.9 Å². The molecule has 0 bridgehead atoms. The van der Waals surface area contributed by atoms with Crippen molar-refractivity contribution in [3.05, 3.63) is 41.2 Å². The number of aliphatic hydroxyl groups is 1. The predicted molar refractivity (Wildman–Crippen MR) is 66.0 cm³/mol. The predicted octanol–water partition coefficient (Wildman–Crippen LogP) is 2.02. The number of nitrogens with zero attached hydrogens (tertiary/aromatic N) is 3. The van der Waals surface area contributed by atoms with Crippen molar-refractivity contribution in [2.75, 3.05) is 0 Å². The molecule has 17 heavy (non-hydrogen) atoms. The van der Waals surface area contributed by atoms with E-state index >= 15 is 0 Å². The van der Waals surface area contributed by atoms with Crippen molar-refractivity contribution in [1.29, 1.82) is 0 Å². The summed E-state index contributed by atoms with van der Waals surface area (Å²) in [4.78, 5) is 0. The number of rotatable bonds is 4. The summed E-state index contributed by atoms with van der Waals surface area (Å²) in [7, 11) is 0. The maximum Gasteiger partial charge on any atom is 0.112 e. The highest BCUT2D eigenvalue weighted by Crippen LogP contribution is 2.17. The van der Waals surface area contributed by atoms with Gasteiger partial charge in [0.05, 0.1) is 18.0 Å². The minimum atomic E-state index is -0.0544. The standard InChI is InChI=1S/C13H17N3O/c1-3-6-13-11(9-17)14-15-16(13)12-8-5-4-7-10(12)2/h4-5,7-8,17H,3,6,9H2,1-2H3. The van der Waals surface area contributed by atoms with Crippen LogP contribution < -0.4 is 0 Å². The van der Waals surface area contributed by atoms with Crippen molar-refractivity contribution in [3.63, 3.8) is 0 Å². The summed E-state index contributed by atoms with van der Waals surface area (Å²) in [6.45, 7) is 4.10. The molecule has 4 nitrogen and oxygen atoms in total. The van der Waals surface area contributed by atoms with Gasteiger partial charge in [-0.05, 0) is 25.0 Å². The first-order chi connectivity index (χ1) is 8.27. The van der Waals surface area contributed by atoms with Crippen LogP contribution in [0.3, 0.4) is 0 Å². The van der Waals surface area contributed by atoms with Gasteiger partial charge in [0.2, 0.25) is 0 Å². The van der Waals surface area contributed by atoms with E-state index in [1.54, 1.807) is 0 Å². The Kier molecular flexibility index (Phi) is 3.54. The second-order valence-electron chi connectivity index (χ2n) is 4.09. The average molecular weight is 231 g/mol. The van der Waals surface area contributed by atoms with Gasteiger partial charge in [0.15, 0.2) is 0 Å². The Balaban J connectivity index is 2.52. The van der Waals surface area contributed by atoms with Gasteiger partial charge < -0.3 is 5.11 Å². The Morgan fingerprint density at radius 2 is 2.06 bits per heavy atom. The summed E-state index contributed by atoms with van der Waals surface area (Å²) in [5.41, 5.74) is 3.86. The van der Waals surface area contributed by atoms with Crippen LogP contribution in [-0.4, -0.2) is 20.1 Å². The molecular formula is C13H17N3O. The van der Waals surface area contributed by atoms with Gasteiger partial charge in [0.1, 0.15) is 5.69 Å². The lowest BCUT2D eigenvalue weighted by atomic mass is 10.1. The van der Waals surface area contributed by atoms with Gasteiger partial charge in [-0.25, -0.2) is 4.68 Å². The van der Waals surface area contributed by atoms with Crippen molar-refractivity contribution in [1.82, 2.24) is 15.0 Å². The molecule has 0 fully saturated rings. The molecule has 90 valence electrons. The largest absolute Gasteiger partial charge is 0.390 e. The van der Waals surface area contributed by atoms with Crippen molar-refractivity contribution >= 4 is 0 Å². The molecule has 0 atom stereocenters. The van der Waals surface area contributed by atoms with Crippen LogP contribution in [0, 0.1) is 6.92 Å². The number of para-hydroxylation sites is 1. The monoisotopic (exact) mass is 231 g/mol. The van der Waals surface area contributed by atoms with Crippen LogP contribution in [0.25, 0.3) is 5.69 Å². The van der Waals surface area contributed by atoms with Gasteiger partial charge >= 0.3 is 0 Å². The Morgan fingerprint density at radius 3 is 2.71 bits per heavy atom. The summed E-state index contributed by atoms with van der Waals surface area (Å²) in [6, 6.07) is 8.05. The second kappa shape index (κ2) is 5.10. The molecule has 1 aromatic carbocycles.